The van der Waals surface area contributed by atoms with E-state index in [0.717, 1.165) is 25.2 Å². The van der Waals surface area contributed by atoms with Gasteiger partial charge in [-0.1, -0.05) is 32.0 Å². The Morgan fingerprint density at radius 3 is 2.41 bits per heavy atom. The molecule has 27 heavy (non-hydrogen) atoms. The van der Waals surface area contributed by atoms with E-state index in [-0.39, 0.29) is 29.9 Å². The van der Waals surface area contributed by atoms with Crippen LogP contribution in [0.1, 0.15) is 43.6 Å². The predicted molar refractivity (Wildman–Crippen MR) is 107 cm³/mol. The monoisotopic (exact) mass is 375 g/mol. The summed E-state index contributed by atoms with van der Waals surface area (Å²) in [5.41, 5.74) is 1.50. The summed E-state index contributed by atoms with van der Waals surface area (Å²) in [5.74, 6) is -0.347. The summed E-state index contributed by atoms with van der Waals surface area (Å²) in [7, 11) is 0. The summed E-state index contributed by atoms with van der Waals surface area (Å²) in [6.07, 6.45) is 0.419. The van der Waals surface area contributed by atoms with E-state index in [1.54, 1.807) is 6.07 Å². The highest BCUT2D eigenvalue weighted by molar-refractivity contribution is 5.98. The number of nitrogens with one attached hydrogen (secondary N) is 2. The molecule has 1 aromatic carbocycles. The molecule has 6 nitrogen and oxygen atoms in total. The number of benzene rings is 1. The Hall–Kier alpha value is -1.92. The number of rotatable bonds is 7. The molecule has 6 heteroatoms. The number of hydrogen-bond donors (Lipinski definition) is 2. The molecular formula is C21H33N3O3. The maximum Gasteiger partial charge on any atom is 0.252 e. The molecule has 0 saturated carbocycles. The molecule has 150 valence electrons. The largest absolute Gasteiger partial charge is 0.373 e. The summed E-state index contributed by atoms with van der Waals surface area (Å²) >= 11 is 0. The van der Waals surface area contributed by atoms with Gasteiger partial charge in [-0.3, -0.25) is 14.5 Å². The molecule has 1 aromatic rings. The first kappa shape index (κ1) is 21.4. The number of carbonyl (C=O) groups excluding carboxylic acids is 2. The van der Waals surface area contributed by atoms with E-state index in [1.165, 1.54) is 0 Å². The zero-order valence-electron chi connectivity index (χ0n) is 17.1. The van der Waals surface area contributed by atoms with Crippen molar-refractivity contribution >= 4 is 11.8 Å². The topological polar surface area (TPSA) is 70.7 Å². The molecule has 0 radical (unpaired) electrons. The van der Waals surface area contributed by atoms with Crippen LogP contribution in [0.3, 0.4) is 0 Å². The Bertz CT molecular complexity index is 637. The number of nitrogens with zero attached hydrogens (tertiary/aromatic N) is 1. The summed E-state index contributed by atoms with van der Waals surface area (Å²) in [4.78, 5) is 27.5. The molecule has 3 unspecified atom stereocenters. The molecule has 0 aliphatic carbocycles. The maximum absolute atomic E-state index is 12.6. The molecule has 1 heterocycles. The van der Waals surface area contributed by atoms with E-state index < -0.39 is 6.04 Å². The molecule has 3 atom stereocenters. The second kappa shape index (κ2) is 9.85. The lowest BCUT2D eigenvalue weighted by Crippen LogP contribution is -2.52. The van der Waals surface area contributed by atoms with Gasteiger partial charge in [0.1, 0.15) is 6.04 Å². The molecule has 1 aliphatic rings. The molecule has 0 spiro atoms. The first-order chi connectivity index (χ1) is 12.8. The molecule has 1 aliphatic heterocycles. The zero-order valence-corrected chi connectivity index (χ0v) is 17.1. The average molecular weight is 376 g/mol. The van der Waals surface area contributed by atoms with Crippen molar-refractivity contribution in [1.82, 2.24) is 15.5 Å². The molecule has 0 aromatic heterocycles. The van der Waals surface area contributed by atoms with Crippen molar-refractivity contribution in [3.05, 3.63) is 35.4 Å². The Kier molecular flexibility index (Phi) is 7.80. The fraction of sp³-hybridized carbons (Fsp3) is 0.619. The van der Waals surface area contributed by atoms with Crippen LogP contribution in [0.5, 0.6) is 0 Å². The van der Waals surface area contributed by atoms with E-state index in [0.29, 0.717) is 12.1 Å². The molecule has 1 saturated heterocycles. The van der Waals surface area contributed by atoms with Gasteiger partial charge in [-0.2, -0.15) is 0 Å². The molecular weight excluding hydrogens is 342 g/mol. The fourth-order valence-corrected chi connectivity index (χ4v) is 3.50. The quantitative estimate of drug-likeness (QED) is 0.764. The average Bonchev–Trinajstić information content (AvgIpc) is 2.58. The molecule has 0 bridgehead atoms. The molecule has 2 N–H and O–H groups in total. The van der Waals surface area contributed by atoms with Crippen LogP contribution in [0, 0.1) is 12.8 Å². The van der Waals surface area contributed by atoms with Crippen LogP contribution in [-0.4, -0.2) is 61.1 Å². The molecule has 1 fully saturated rings. The van der Waals surface area contributed by atoms with Gasteiger partial charge in [0.15, 0.2) is 0 Å². The van der Waals surface area contributed by atoms with Crippen molar-refractivity contribution in [2.45, 2.75) is 52.9 Å². The Balaban J connectivity index is 1.87. The number of morpholine rings is 1. The minimum Gasteiger partial charge on any atom is -0.373 e. The van der Waals surface area contributed by atoms with Crippen LogP contribution in [0.15, 0.2) is 24.3 Å². The van der Waals surface area contributed by atoms with Crippen molar-refractivity contribution in [2.24, 2.45) is 5.92 Å². The van der Waals surface area contributed by atoms with E-state index in [2.05, 4.69) is 29.4 Å². The standard InChI is InChI=1S/C21H33N3O3/c1-14(2)19(23-20(25)18-9-7-6-8-15(18)3)21(26)22-10-11-24-12-16(4)27-17(5)13-24/h6-9,14,16-17,19H,10-13H2,1-5H3,(H,22,26)(H,23,25). The van der Waals surface area contributed by atoms with Gasteiger partial charge in [0.05, 0.1) is 12.2 Å². The Morgan fingerprint density at radius 1 is 1.19 bits per heavy atom. The lowest BCUT2D eigenvalue weighted by atomic mass is 10.0. The summed E-state index contributed by atoms with van der Waals surface area (Å²) in [5, 5.41) is 5.87. The van der Waals surface area contributed by atoms with Crippen molar-refractivity contribution in [2.75, 3.05) is 26.2 Å². The first-order valence-electron chi connectivity index (χ1n) is 9.80. The van der Waals surface area contributed by atoms with Crippen LogP contribution >= 0.6 is 0 Å². The third-order valence-electron chi connectivity index (χ3n) is 4.85. The highest BCUT2D eigenvalue weighted by Crippen LogP contribution is 2.11. The Morgan fingerprint density at radius 2 is 1.81 bits per heavy atom. The first-order valence-corrected chi connectivity index (χ1v) is 9.80. The smallest absolute Gasteiger partial charge is 0.252 e. The number of ether oxygens (including phenoxy) is 1. The fourth-order valence-electron chi connectivity index (χ4n) is 3.50. The van der Waals surface area contributed by atoms with Gasteiger partial charge >= 0.3 is 0 Å². The summed E-state index contributed by atoms with van der Waals surface area (Å²) in [6, 6.07) is 6.84. The minimum atomic E-state index is -0.556. The SMILES string of the molecule is Cc1ccccc1C(=O)NC(C(=O)NCCN1CC(C)OC(C)C1)C(C)C. The van der Waals surface area contributed by atoms with Gasteiger partial charge in [0, 0.05) is 31.7 Å². The lowest BCUT2D eigenvalue weighted by Gasteiger charge is -2.35. The minimum absolute atomic E-state index is 0.00130. The number of hydrogen-bond acceptors (Lipinski definition) is 4. The highest BCUT2D eigenvalue weighted by atomic mass is 16.5. The summed E-state index contributed by atoms with van der Waals surface area (Å²) in [6.45, 7) is 13.0. The van der Waals surface area contributed by atoms with E-state index in [1.807, 2.05) is 39.0 Å². The van der Waals surface area contributed by atoms with Crippen LogP contribution in [0.4, 0.5) is 0 Å². The van der Waals surface area contributed by atoms with Gasteiger partial charge < -0.3 is 15.4 Å². The van der Waals surface area contributed by atoms with Crippen molar-refractivity contribution in [3.8, 4) is 0 Å². The third-order valence-corrected chi connectivity index (χ3v) is 4.85. The second-order valence-electron chi connectivity index (χ2n) is 7.82. The zero-order chi connectivity index (χ0) is 20.0. The van der Waals surface area contributed by atoms with Gasteiger partial charge in [-0.25, -0.2) is 0 Å². The van der Waals surface area contributed by atoms with Crippen molar-refractivity contribution < 1.29 is 14.3 Å². The van der Waals surface area contributed by atoms with Crippen LogP contribution < -0.4 is 10.6 Å². The van der Waals surface area contributed by atoms with Crippen LogP contribution in [0.25, 0.3) is 0 Å². The van der Waals surface area contributed by atoms with Crippen LogP contribution in [0.2, 0.25) is 0 Å². The highest BCUT2D eigenvalue weighted by Gasteiger charge is 2.26. The number of carbonyl (C=O) groups is 2. The van der Waals surface area contributed by atoms with Crippen molar-refractivity contribution in [1.29, 1.82) is 0 Å². The molecule has 2 rings (SSSR count). The normalized spacial score (nSPS) is 21.7. The van der Waals surface area contributed by atoms with Gasteiger partial charge in [-0.05, 0) is 38.3 Å². The third kappa shape index (κ3) is 6.33. The van der Waals surface area contributed by atoms with Gasteiger partial charge in [0.25, 0.3) is 5.91 Å². The van der Waals surface area contributed by atoms with Gasteiger partial charge in [-0.15, -0.1) is 0 Å². The maximum atomic E-state index is 12.6. The number of aryl methyl sites for hydroxylation is 1. The molecule has 2 amide bonds. The van der Waals surface area contributed by atoms with Gasteiger partial charge in [0.2, 0.25) is 5.91 Å². The van der Waals surface area contributed by atoms with E-state index in [9.17, 15) is 9.59 Å². The van der Waals surface area contributed by atoms with E-state index >= 15 is 0 Å². The summed E-state index contributed by atoms with van der Waals surface area (Å²) < 4.78 is 5.73. The second-order valence-corrected chi connectivity index (χ2v) is 7.82. The predicted octanol–water partition coefficient (Wildman–Crippen LogP) is 1.97. The van der Waals surface area contributed by atoms with Crippen molar-refractivity contribution in [3.63, 3.8) is 0 Å². The van der Waals surface area contributed by atoms with Crippen LogP contribution in [-0.2, 0) is 9.53 Å². The Labute approximate surface area is 162 Å². The number of amides is 2. The van der Waals surface area contributed by atoms with E-state index in [4.69, 9.17) is 4.74 Å². The lowest BCUT2D eigenvalue weighted by molar-refractivity contribution is -0.124.